The molecule has 0 aliphatic rings. The Labute approximate surface area is 84.4 Å². The third kappa shape index (κ3) is 5.49. The van der Waals surface area contributed by atoms with Gasteiger partial charge in [-0.1, -0.05) is 13.8 Å². The minimum atomic E-state index is -0.699. The predicted molar refractivity (Wildman–Crippen MR) is 52.6 cm³/mol. The molecular formula is C10H17NO3. The number of hydrogen-bond donors (Lipinski definition) is 0. The summed E-state index contributed by atoms with van der Waals surface area (Å²) in [7, 11) is 0. The number of carbonyl (C=O) groups is 1. The molecule has 4 nitrogen and oxygen atoms in total. The van der Waals surface area contributed by atoms with Crippen LogP contribution in [0.3, 0.4) is 0 Å². The molecule has 0 aromatic carbocycles. The number of hydrogen-bond acceptors (Lipinski definition) is 4. The highest BCUT2D eigenvalue weighted by Gasteiger charge is 2.21. The van der Waals surface area contributed by atoms with Crippen LogP contribution in [0.5, 0.6) is 0 Å². The van der Waals surface area contributed by atoms with Crippen molar-refractivity contribution >= 4 is 12.0 Å². The molecule has 0 spiro atoms. The highest BCUT2D eigenvalue weighted by atomic mass is 16.5. The Morgan fingerprint density at radius 2 is 1.93 bits per heavy atom. The second-order valence-corrected chi connectivity index (χ2v) is 3.85. The van der Waals surface area contributed by atoms with Gasteiger partial charge >= 0.3 is 5.97 Å². The van der Waals surface area contributed by atoms with E-state index >= 15 is 0 Å². The van der Waals surface area contributed by atoms with Crippen molar-refractivity contribution in [3.8, 4) is 0 Å². The Bertz CT molecular complexity index is 230. The van der Waals surface area contributed by atoms with Gasteiger partial charge in [0, 0.05) is 0 Å². The highest BCUT2D eigenvalue weighted by molar-refractivity contribution is 5.77. The Kier molecular flexibility index (Phi) is 5.81. The van der Waals surface area contributed by atoms with Gasteiger partial charge in [0.2, 0.25) is 6.08 Å². The zero-order chi connectivity index (χ0) is 11.1. The normalized spacial score (nSPS) is 12.4. The van der Waals surface area contributed by atoms with Crippen LogP contribution in [0, 0.1) is 5.92 Å². The summed E-state index contributed by atoms with van der Waals surface area (Å²) < 4.78 is 4.95. The number of esters is 1. The first-order valence-corrected chi connectivity index (χ1v) is 4.74. The van der Waals surface area contributed by atoms with Crippen molar-refractivity contribution in [1.82, 2.24) is 0 Å². The molecular weight excluding hydrogens is 182 g/mol. The van der Waals surface area contributed by atoms with E-state index in [1.54, 1.807) is 13.8 Å². The monoisotopic (exact) mass is 199 g/mol. The van der Waals surface area contributed by atoms with Gasteiger partial charge in [-0.3, -0.25) is 0 Å². The van der Waals surface area contributed by atoms with Crippen molar-refractivity contribution < 1.29 is 14.3 Å². The topological polar surface area (TPSA) is 55.7 Å². The van der Waals surface area contributed by atoms with Gasteiger partial charge in [0.15, 0.2) is 6.04 Å². The van der Waals surface area contributed by atoms with Crippen molar-refractivity contribution in [3.63, 3.8) is 0 Å². The second-order valence-electron chi connectivity index (χ2n) is 3.85. The molecule has 0 aromatic rings. The van der Waals surface area contributed by atoms with E-state index in [9.17, 15) is 9.59 Å². The lowest BCUT2D eigenvalue weighted by Crippen LogP contribution is -2.25. The largest absolute Gasteiger partial charge is 0.461 e. The Hall–Kier alpha value is -1.15. The number of rotatable bonds is 5. The van der Waals surface area contributed by atoms with Gasteiger partial charge in [0.05, 0.1) is 6.10 Å². The van der Waals surface area contributed by atoms with E-state index in [-0.39, 0.29) is 12.0 Å². The molecule has 0 radical (unpaired) electrons. The van der Waals surface area contributed by atoms with Crippen molar-refractivity contribution in [2.24, 2.45) is 10.9 Å². The fourth-order valence-corrected chi connectivity index (χ4v) is 1.02. The first-order chi connectivity index (χ1) is 6.47. The molecule has 0 fully saturated rings. The molecule has 0 saturated carbocycles. The van der Waals surface area contributed by atoms with E-state index in [1.807, 2.05) is 13.8 Å². The third-order valence-corrected chi connectivity index (χ3v) is 1.53. The van der Waals surface area contributed by atoms with Crippen LogP contribution < -0.4 is 0 Å². The Balaban J connectivity index is 4.33. The van der Waals surface area contributed by atoms with E-state index < -0.39 is 12.0 Å². The standard InChI is InChI=1S/C10H17NO3/c1-7(2)5-9(11-6-12)10(13)14-8(3)4/h7-9H,5H2,1-4H3/t9-/m0/s1. The average molecular weight is 199 g/mol. The summed E-state index contributed by atoms with van der Waals surface area (Å²) in [5, 5.41) is 0. The van der Waals surface area contributed by atoms with Crippen LogP contribution >= 0.6 is 0 Å². The highest BCUT2D eigenvalue weighted by Crippen LogP contribution is 2.10. The van der Waals surface area contributed by atoms with Crippen molar-refractivity contribution in [1.29, 1.82) is 0 Å². The lowest BCUT2D eigenvalue weighted by Gasteiger charge is -2.14. The lowest BCUT2D eigenvalue weighted by atomic mass is 10.0. The average Bonchev–Trinajstić information content (AvgIpc) is 2.01. The summed E-state index contributed by atoms with van der Waals surface area (Å²) in [6, 6.07) is -0.699. The van der Waals surface area contributed by atoms with Crippen LogP contribution in [0.4, 0.5) is 0 Å². The van der Waals surface area contributed by atoms with Gasteiger partial charge in [0.25, 0.3) is 0 Å². The molecule has 0 aromatic heterocycles. The maximum absolute atomic E-state index is 11.4. The Morgan fingerprint density at radius 1 is 1.36 bits per heavy atom. The summed E-state index contributed by atoms with van der Waals surface area (Å²) in [5.41, 5.74) is 0. The molecule has 0 N–H and O–H groups in total. The molecule has 0 heterocycles. The molecule has 0 amide bonds. The number of aliphatic imine (C=N–C) groups is 1. The van der Waals surface area contributed by atoms with E-state index in [1.165, 1.54) is 6.08 Å². The molecule has 0 bridgehead atoms. The number of carbonyl (C=O) groups excluding carboxylic acids is 2. The zero-order valence-corrected chi connectivity index (χ0v) is 9.11. The maximum Gasteiger partial charge on any atom is 0.332 e. The maximum atomic E-state index is 11.4. The van der Waals surface area contributed by atoms with Crippen LogP contribution in [-0.2, 0) is 14.3 Å². The Morgan fingerprint density at radius 3 is 2.29 bits per heavy atom. The fraction of sp³-hybridized carbons (Fsp3) is 0.800. The van der Waals surface area contributed by atoms with Crippen molar-refractivity contribution in [2.75, 3.05) is 0 Å². The smallest absolute Gasteiger partial charge is 0.332 e. The molecule has 0 aliphatic carbocycles. The SMILES string of the molecule is CC(C)C[C@H](N=C=O)C(=O)OC(C)C. The van der Waals surface area contributed by atoms with Crippen molar-refractivity contribution in [3.05, 3.63) is 0 Å². The quantitative estimate of drug-likeness (QED) is 0.384. The molecule has 4 heteroatoms. The molecule has 1 atom stereocenters. The molecule has 14 heavy (non-hydrogen) atoms. The van der Waals surface area contributed by atoms with Crippen LogP contribution in [0.1, 0.15) is 34.1 Å². The van der Waals surface area contributed by atoms with Gasteiger partial charge in [-0.25, -0.2) is 9.59 Å². The fourth-order valence-electron chi connectivity index (χ4n) is 1.02. The van der Waals surface area contributed by atoms with E-state index in [0.29, 0.717) is 6.42 Å². The van der Waals surface area contributed by atoms with E-state index in [0.717, 1.165) is 0 Å². The summed E-state index contributed by atoms with van der Waals surface area (Å²) in [4.78, 5) is 24.9. The van der Waals surface area contributed by atoms with Crippen molar-refractivity contribution in [2.45, 2.75) is 46.3 Å². The summed E-state index contributed by atoms with van der Waals surface area (Å²) >= 11 is 0. The predicted octanol–water partition coefficient (Wildman–Crippen LogP) is 1.69. The van der Waals surface area contributed by atoms with E-state index in [2.05, 4.69) is 4.99 Å². The minimum absolute atomic E-state index is 0.181. The molecule has 0 saturated heterocycles. The number of nitrogens with zero attached hydrogens (tertiary/aromatic N) is 1. The first kappa shape index (κ1) is 12.8. The van der Waals surface area contributed by atoms with Gasteiger partial charge in [0.1, 0.15) is 0 Å². The molecule has 0 unspecified atom stereocenters. The molecule has 80 valence electrons. The lowest BCUT2D eigenvalue weighted by molar-refractivity contribution is -0.149. The van der Waals surface area contributed by atoms with Crippen LogP contribution in [0.2, 0.25) is 0 Å². The van der Waals surface area contributed by atoms with Crippen LogP contribution in [0.25, 0.3) is 0 Å². The summed E-state index contributed by atoms with van der Waals surface area (Å²) in [5.74, 6) is -0.158. The van der Waals surface area contributed by atoms with Gasteiger partial charge in [-0.2, -0.15) is 4.99 Å². The van der Waals surface area contributed by atoms with Gasteiger partial charge in [-0.05, 0) is 26.2 Å². The summed E-state index contributed by atoms with van der Waals surface area (Å²) in [6.45, 7) is 7.43. The van der Waals surface area contributed by atoms with Gasteiger partial charge in [-0.15, -0.1) is 0 Å². The second kappa shape index (κ2) is 6.33. The molecule has 0 aliphatic heterocycles. The summed E-state index contributed by atoms with van der Waals surface area (Å²) in [6.07, 6.45) is 1.73. The van der Waals surface area contributed by atoms with Gasteiger partial charge < -0.3 is 4.74 Å². The number of isocyanates is 1. The third-order valence-electron chi connectivity index (χ3n) is 1.53. The first-order valence-electron chi connectivity index (χ1n) is 4.74. The van der Waals surface area contributed by atoms with Crippen LogP contribution in [-0.4, -0.2) is 24.2 Å². The van der Waals surface area contributed by atoms with Crippen LogP contribution in [0.15, 0.2) is 4.99 Å². The zero-order valence-electron chi connectivity index (χ0n) is 9.11. The number of ether oxygens (including phenoxy) is 1. The minimum Gasteiger partial charge on any atom is -0.461 e. The molecule has 0 rings (SSSR count). The van der Waals surface area contributed by atoms with E-state index in [4.69, 9.17) is 4.74 Å².